The maximum absolute atomic E-state index is 12.8. The lowest BCUT2D eigenvalue weighted by atomic mass is 10.1. The van der Waals surface area contributed by atoms with Gasteiger partial charge < -0.3 is 26.0 Å². The summed E-state index contributed by atoms with van der Waals surface area (Å²) in [5.41, 5.74) is 7.00. The van der Waals surface area contributed by atoms with E-state index < -0.39 is 0 Å². The van der Waals surface area contributed by atoms with Crippen LogP contribution < -0.4 is 26.0 Å². The standard InChI is InChI=1S/C19H23ClN2OS.C18H20ClFN2S/c1-14-3-8-18(23-2)16(13-14)10-12-22-19(24)21-11-9-15-4-6-17(20)7-5-15;1-13-2-5-15(17(19)12-13)9-11-22-18(23)21-10-8-14-3-6-16(20)7-4-14/h3-8,13H,9-12H2,1-2H3,(H2,21,22,24);2-7,12H,8-11H2,1H3,(H2,21,22,23). The Balaban J connectivity index is 0.000000256. The van der Waals surface area contributed by atoms with Gasteiger partial charge in [0.1, 0.15) is 11.6 Å². The third-order valence-electron chi connectivity index (χ3n) is 7.23. The van der Waals surface area contributed by atoms with E-state index in [0.29, 0.717) is 16.8 Å². The predicted molar refractivity (Wildman–Crippen MR) is 204 cm³/mol. The van der Waals surface area contributed by atoms with Gasteiger partial charge in [-0.25, -0.2) is 4.39 Å². The van der Waals surface area contributed by atoms with Gasteiger partial charge in [-0.3, -0.25) is 0 Å². The van der Waals surface area contributed by atoms with E-state index in [1.807, 2.05) is 49.4 Å². The highest BCUT2D eigenvalue weighted by molar-refractivity contribution is 7.80. The van der Waals surface area contributed by atoms with Crippen molar-refractivity contribution in [2.24, 2.45) is 0 Å². The lowest BCUT2D eigenvalue weighted by Gasteiger charge is -2.12. The van der Waals surface area contributed by atoms with Crippen molar-refractivity contribution in [2.75, 3.05) is 33.3 Å². The minimum absolute atomic E-state index is 0.214. The van der Waals surface area contributed by atoms with Crippen LogP contribution in [0.3, 0.4) is 0 Å². The zero-order chi connectivity index (χ0) is 34.0. The summed E-state index contributed by atoms with van der Waals surface area (Å²) < 4.78 is 18.2. The average Bonchev–Trinajstić information content (AvgIpc) is 3.04. The van der Waals surface area contributed by atoms with Crippen molar-refractivity contribution < 1.29 is 9.13 Å². The van der Waals surface area contributed by atoms with Crippen LogP contribution in [-0.4, -0.2) is 43.5 Å². The lowest BCUT2D eigenvalue weighted by molar-refractivity contribution is 0.409. The Morgan fingerprint density at radius 3 is 1.62 bits per heavy atom. The van der Waals surface area contributed by atoms with Gasteiger partial charge in [0.25, 0.3) is 0 Å². The summed E-state index contributed by atoms with van der Waals surface area (Å²) in [7, 11) is 1.70. The molecule has 0 heterocycles. The molecule has 0 atom stereocenters. The second-order valence-electron chi connectivity index (χ2n) is 11.0. The second-order valence-corrected chi connectivity index (χ2v) is 12.7. The fourth-order valence-electron chi connectivity index (χ4n) is 4.65. The van der Waals surface area contributed by atoms with Crippen molar-refractivity contribution in [1.82, 2.24) is 21.3 Å². The number of nitrogens with one attached hydrogen (secondary N) is 4. The molecular weight excluding hydrogens is 670 g/mol. The van der Waals surface area contributed by atoms with E-state index in [4.69, 9.17) is 52.4 Å². The molecule has 250 valence electrons. The molecular formula is C37H43Cl2FN4OS2. The fraction of sp³-hybridized carbons (Fsp3) is 0.297. The Morgan fingerprint density at radius 2 is 1.09 bits per heavy atom. The number of rotatable bonds is 13. The quantitative estimate of drug-likeness (QED) is 0.105. The zero-order valence-corrected chi connectivity index (χ0v) is 30.2. The fourth-order valence-corrected chi connectivity index (χ4v) is 5.51. The molecule has 0 saturated carbocycles. The number of ether oxygens (including phenoxy) is 1. The van der Waals surface area contributed by atoms with Gasteiger partial charge in [0.15, 0.2) is 10.2 Å². The molecule has 5 nitrogen and oxygen atoms in total. The van der Waals surface area contributed by atoms with Crippen molar-refractivity contribution in [3.05, 3.63) is 134 Å². The number of halogens is 3. The predicted octanol–water partition coefficient (Wildman–Crippen LogP) is 7.94. The van der Waals surface area contributed by atoms with Crippen molar-refractivity contribution in [2.45, 2.75) is 39.5 Å². The van der Waals surface area contributed by atoms with Crippen LogP contribution in [0.25, 0.3) is 0 Å². The summed E-state index contributed by atoms with van der Waals surface area (Å²) >= 11 is 22.6. The molecule has 0 radical (unpaired) electrons. The third kappa shape index (κ3) is 14.9. The number of hydrogen-bond acceptors (Lipinski definition) is 3. The van der Waals surface area contributed by atoms with Crippen molar-refractivity contribution in [3.63, 3.8) is 0 Å². The van der Waals surface area contributed by atoms with E-state index in [-0.39, 0.29) is 5.82 Å². The maximum atomic E-state index is 12.8. The number of aryl methyl sites for hydroxylation is 2. The molecule has 0 aliphatic rings. The number of hydrogen-bond donors (Lipinski definition) is 4. The summed E-state index contributed by atoms with van der Waals surface area (Å²) in [5.74, 6) is 0.706. The van der Waals surface area contributed by atoms with E-state index in [1.165, 1.54) is 28.8 Å². The molecule has 4 rings (SSSR count). The van der Waals surface area contributed by atoms with Gasteiger partial charge >= 0.3 is 0 Å². The van der Waals surface area contributed by atoms with E-state index >= 15 is 0 Å². The first-order valence-corrected chi connectivity index (χ1v) is 17.1. The molecule has 47 heavy (non-hydrogen) atoms. The van der Waals surface area contributed by atoms with E-state index in [0.717, 1.165) is 77.8 Å². The van der Waals surface area contributed by atoms with Crippen molar-refractivity contribution >= 4 is 57.9 Å². The molecule has 0 spiro atoms. The highest BCUT2D eigenvalue weighted by Gasteiger charge is 2.05. The summed E-state index contributed by atoms with van der Waals surface area (Å²) in [6.07, 6.45) is 3.39. The molecule has 10 heteroatoms. The van der Waals surface area contributed by atoms with Gasteiger partial charge in [-0.05, 0) is 128 Å². The van der Waals surface area contributed by atoms with Gasteiger partial charge in [-0.2, -0.15) is 0 Å². The molecule has 4 aromatic rings. The molecule has 0 aliphatic carbocycles. The van der Waals surface area contributed by atoms with E-state index in [1.54, 1.807) is 19.2 Å². The molecule has 4 N–H and O–H groups in total. The monoisotopic (exact) mass is 712 g/mol. The van der Waals surface area contributed by atoms with Crippen LogP contribution in [-0.2, 0) is 25.7 Å². The van der Waals surface area contributed by atoms with Gasteiger partial charge in [-0.15, -0.1) is 0 Å². The summed E-state index contributed by atoms with van der Waals surface area (Å²) in [6.45, 7) is 7.11. The Hall–Kier alpha value is -3.43. The van der Waals surface area contributed by atoms with E-state index in [9.17, 15) is 4.39 Å². The lowest BCUT2D eigenvalue weighted by Crippen LogP contribution is -2.37. The Morgan fingerprint density at radius 1 is 0.617 bits per heavy atom. The summed E-state index contributed by atoms with van der Waals surface area (Å²) in [6, 6.07) is 26.7. The second kappa shape index (κ2) is 20.7. The minimum atomic E-state index is -0.214. The zero-order valence-electron chi connectivity index (χ0n) is 27.1. The largest absolute Gasteiger partial charge is 0.496 e. The SMILES string of the molecule is COc1ccc(C)cc1CCNC(=S)NCCc1ccc(Cl)cc1.Cc1ccc(CCNC(=S)NCCc2ccc(F)cc2)c(Cl)c1. The molecule has 0 bridgehead atoms. The van der Waals surface area contributed by atoms with Crippen LogP contribution in [0, 0.1) is 19.7 Å². The summed E-state index contributed by atoms with van der Waals surface area (Å²) in [4.78, 5) is 0. The first kappa shape index (κ1) is 38.0. The topological polar surface area (TPSA) is 57.4 Å². The van der Waals surface area contributed by atoms with Gasteiger partial charge in [0, 0.05) is 36.2 Å². The average molecular weight is 714 g/mol. The molecule has 0 saturated heterocycles. The van der Waals surface area contributed by atoms with E-state index in [2.05, 4.69) is 46.4 Å². The van der Waals surface area contributed by atoms with Gasteiger partial charge in [-0.1, -0.05) is 77.3 Å². The normalized spacial score (nSPS) is 10.3. The molecule has 0 amide bonds. The Bertz CT molecular complexity index is 1570. The van der Waals surface area contributed by atoms with Crippen LogP contribution in [0.4, 0.5) is 4.39 Å². The van der Waals surface area contributed by atoms with Crippen molar-refractivity contribution in [3.8, 4) is 5.75 Å². The first-order chi connectivity index (χ1) is 22.6. The third-order valence-corrected chi connectivity index (χ3v) is 8.41. The molecule has 0 aliphatic heterocycles. The highest BCUT2D eigenvalue weighted by atomic mass is 35.5. The molecule has 0 aromatic heterocycles. The number of thiocarbonyl (C=S) groups is 2. The first-order valence-electron chi connectivity index (χ1n) is 15.5. The van der Waals surface area contributed by atoms with Crippen molar-refractivity contribution in [1.29, 1.82) is 0 Å². The van der Waals surface area contributed by atoms with Crippen LogP contribution in [0.15, 0.2) is 84.9 Å². The molecule has 0 unspecified atom stereocenters. The number of benzene rings is 4. The van der Waals surface area contributed by atoms with Crippen LogP contribution in [0.5, 0.6) is 5.75 Å². The minimum Gasteiger partial charge on any atom is -0.496 e. The Labute approximate surface area is 299 Å². The number of methoxy groups -OCH3 is 1. The smallest absolute Gasteiger partial charge is 0.166 e. The van der Waals surface area contributed by atoms with Crippen LogP contribution in [0.1, 0.15) is 33.4 Å². The van der Waals surface area contributed by atoms with Crippen LogP contribution >= 0.6 is 47.6 Å². The van der Waals surface area contributed by atoms with Gasteiger partial charge in [0.05, 0.1) is 7.11 Å². The van der Waals surface area contributed by atoms with Crippen LogP contribution in [0.2, 0.25) is 10.0 Å². The molecule has 0 fully saturated rings. The highest BCUT2D eigenvalue weighted by Crippen LogP contribution is 2.20. The maximum Gasteiger partial charge on any atom is 0.166 e. The van der Waals surface area contributed by atoms with Gasteiger partial charge in [0.2, 0.25) is 0 Å². The Kier molecular flexibility index (Phi) is 16.8. The summed E-state index contributed by atoms with van der Waals surface area (Å²) in [5, 5.41) is 15.6. The molecule has 4 aromatic carbocycles.